The Morgan fingerprint density at radius 2 is 2.11 bits per heavy atom. The number of hydrogen-bond acceptors (Lipinski definition) is 4. The molecule has 0 aliphatic heterocycles. The molecule has 0 saturated carbocycles. The molecule has 4 nitrogen and oxygen atoms in total. The Kier molecular flexibility index (Phi) is 6.22. The lowest BCUT2D eigenvalue weighted by Gasteiger charge is -2.14. The second-order valence-electron chi connectivity index (χ2n) is 4.05. The van der Waals surface area contributed by atoms with Gasteiger partial charge in [-0.25, -0.2) is 0 Å². The molecule has 0 saturated heterocycles. The number of hydrogen-bond donors (Lipinski definition) is 2. The van der Waals surface area contributed by atoms with Gasteiger partial charge in [-0.3, -0.25) is 4.79 Å². The van der Waals surface area contributed by atoms with Crippen molar-refractivity contribution in [1.29, 1.82) is 0 Å². The fourth-order valence-corrected chi connectivity index (χ4v) is 1.71. The lowest BCUT2D eigenvalue weighted by Crippen LogP contribution is -2.24. The first kappa shape index (κ1) is 14.5. The zero-order valence-electron chi connectivity index (χ0n) is 11.0. The van der Waals surface area contributed by atoms with E-state index in [1.54, 1.807) is 6.92 Å². The summed E-state index contributed by atoms with van der Waals surface area (Å²) in [4.78, 5) is 11.2. The lowest BCUT2D eigenvalue weighted by molar-refractivity contribution is -0.145. The summed E-state index contributed by atoms with van der Waals surface area (Å²) in [6.45, 7) is 4.52. The third kappa shape index (κ3) is 4.75. The van der Waals surface area contributed by atoms with Crippen LogP contribution in [0.1, 0.15) is 25.8 Å². The zero-order valence-corrected chi connectivity index (χ0v) is 11.0. The van der Waals surface area contributed by atoms with E-state index in [0.717, 1.165) is 12.1 Å². The molecule has 0 bridgehead atoms. The van der Waals surface area contributed by atoms with Crippen LogP contribution in [0.4, 0.5) is 5.69 Å². The van der Waals surface area contributed by atoms with E-state index in [0.29, 0.717) is 13.2 Å². The van der Waals surface area contributed by atoms with Gasteiger partial charge >= 0.3 is 5.97 Å². The van der Waals surface area contributed by atoms with E-state index in [4.69, 9.17) is 4.74 Å². The van der Waals surface area contributed by atoms with Crippen LogP contribution in [-0.2, 0) is 16.0 Å². The van der Waals surface area contributed by atoms with Gasteiger partial charge in [0.15, 0.2) is 0 Å². The molecule has 1 unspecified atom stereocenters. The fourth-order valence-electron chi connectivity index (χ4n) is 1.71. The van der Waals surface area contributed by atoms with Crippen molar-refractivity contribution in [2.24, 2.45) is 0 Å². The maximum atomic E-state index is 11.2. The number of carbonyl (C=O) groups excluding carboxylic acids is 1. The Labute approximate surface area is 108 Å². The molecule has 0 amide bonds. The molecule has 1 aromatic rings. The maximum absolute atomic E-state index is 11.2. The summed E-state index contributed by atoms with van der Waals surface area (Å²) in [6, 6.07) is 7.94. The highest BCUT2D eigenvalue weighted by Crippen LogP contribution is 2.15. The molecule has 1 rings (SSSR count). The third-order valence-electron chi connectivity index (χ3n) is 2.63. The van der Waals surface area contributed by atoms with Gasteiger partial charge in [0, 0.05) is 12.2 Å². The number of esters is 1. The second kappa shape index (κ2) is 7.71. The minimum atomic E-state index is -0.728. The highest BCUT2D eigenvalue weighted by atomic mass is 16.5. The van der Waals surface area contributed by atoms with E-state index in [9.17, 15) is 9.90 Å². The summed E-state index contributed by atoms with van der Waals surface area (Å²) >= 11 is 0. The fraction of sp³-hybridized carbons (Fsp3) is 0.500. The van der Waals surface area contributed by atoms with Crippen molar-refractivity contribution in [2.75, 3.05) is 18.5 Å². The molecule has 0 aliphatic carbocycles. The van der Waals surface area contributed by atoms with Gasteiger partial charge in [-0.15, -0.1) is 0 Å². The smallest absolute Gasteiger partial charge is 0.308 e. The first-order chi connectivity index (χ1) is 8.67. The van der Waals surface area contributed by atoms with Crippen LogP contribution in [0.25, 0.3) is 0 Å². The molecular weight excluding hydrogens is 230 g/mol. The molecule has 0 spiro atoms. The molecule has 0 aliphatic rings. The number of nitrogens with one attached hydrogen (secondary N) is 1. The van der Waals surface area contributed by atoms with E-state index < -0.39 is 6.10 Å². The van der Waals surface area contributed by atoms with Crippen molar-refractivity contribution in [3.63, 3.8) is 0 Å². The summed E-state index contributed by atoms with van der Waals surface area (Å²) < 4.78 is 4.78. The van der Waals surface area contributed by atoms with Crippen molar-refractivity contribution in [1.82, 2.24) is 0 Å². The maximum Gasteiger partial charge on any atom is 0.308 e. The topological polar surface area (TPSA) is 58.6 Å². The van der Waals surface area contributed by atoms with Gasteiger partial charge < -0.3 is 15.2 Å². The van der Waals surface area contributed by atoms with Crippen molar-refractivity contribution in [3.8, 4) is 0 Å². The summed E-state index contributed by atoms with van der Waals surface area (Å²) in [5.41, 5.74) is 2.20. The standard InChI is InChI=1S/C14H21NO3/c1-3-11-7-5-6-8-13(11)15-10-12(16)9-14(17)18-4-2/h5-8,12,15-16H,3-4,9-10H2,1-2H3. The van der Waals surface area contributed by atoms with Gasteiger partial charge in [0.1, 0.15) is 0 Å². The van der Waals surface area contributed by atoms with Gasteiger partial charge in [0.2, 0.25) is 0 Å². The summed E-state index contributed by atoms with van der Waals surface area (Å²) in [5, 5.41) is 12.9. The normalized spacial score (nSPS) is 11.9. The number of rotatable bonds is 7. The molecule has 0 fully saturated rings. The molecule has 18 heavy (non-hydrogen) atoms. The van der Waals surface area contributed by atoms with Gasteiger partial charge in [-0.05, 0) is 25.0 Å². The molecule has 100 valence electrons. The predicted octanol–water partition coefficient (Wildman–Crippen LogP) is 1.97. The molecule has 1 aromatic carbocycles. The van der Waals surface area contributed by atoms with E-state index >= 15 is 0 Å². The first-order valence-electron chi connectivity index (χ1n) is 6.32. The van der Waals surface area contributed by atoms with Crippen molar-refractivity contribution < 1.29 is 14.6 Å². The van der Waals surface area contributed by atoms with Crippen molar-refractivity contribution in [3.05, 3.63) is 29.8 Å². The Bertz CT molecular complexity index is 379. The predicted molar refractivity (Wildman–Crippen MR) is 71.6 cm³/mol. The van der Waals surface area contributed by atoms with E-state index in [1.807, 2.05) is 24.3 Å². The van der Waals surface area contributed by atoms with Gasteiger partial charge in [0.05, 0.1) is 19.1 Å². The van der Waals surface area contributed by atoms with E-state index in [1.165, 1.54) is 5.56 Å². The monoisotopic (exact) mass is 251 g/mol. The molecule has 4 heteroatoms. The van der Waals surface area contributed by atoms with Crippen molar-refractivity contribution >= 4 is 11.7 Å². The average Bonchev–Trinajstić information content (AvgIpc) is 2.37. The molecule has 0 heterocycles. The number of aryl methyl sites for hydroxylation is 1. The number of anilines is 1. The summed E-state index contributed by atoms with van der Waals surface area (Å²) in [7, 11) is 0. The Morgan fingerprint density at radius 1 is 1.39 bits per heavy atom. The van der Waals surface area contributed by atoms with Crippen molar-refractivity contribution in [2.45, 2.75) is 32.8 Å². The Morgan fingerprint density at radius 3 is 2.78 bits per heavy atom. The molecule has 0 aromatic heterocycles. The summed E-state index contributed by atoms with van der Waals surface area (Å²) in [5.74, 6) is -0.365. The molecular formula is C14H21NO3. The quantitative estimate of drug-likeness (QED) is 0.727. The van der Waals surface area contributed by atoms with Crippen LogP contribution in [0.5, 0.6) is 0 Å². The van der Waals surface area contributed by atoms with Crippen LogP contribution in [-0.4, -0.2) is 30.3 Å². The highest BCUT2D eigenvalue weighted by Gasteiger charge is 2.11. The Hall–Kier alpha value is -1.55. The molecule has 0 radical (unpaired) electrons. The molecule has 1 atom stereocenters. The number of ether oxygens (including phenoxy) is 1. The first-order valence-corrected chi connectivity index (χ1v) is 6.32. The van der Waals surface area contributed by atoms with Crippen LogP contribution in [0, 0.1) is 0 Å². The number of benzene rings is 1. The SMILES string of the molecule is CCOC(=O)CC(O)CNc1ccccc1CC. The average molecular weight is 251 g/mol. The van der Waals surface area contributed by atoms with Gasteiger partial charge in [0.25, 0.3) is 0 Å². The summed E-state index contributed by atoms with van der Waals surface area (Å²) in [6.07, 6.45) is 0.223. The van der Waals surface area contributed by atoms with E-state index in [2.05, 4.69) is 12.2 Å². The van der Waals surface area contributed by atoms with Crippen LogP contribution in [0.2, 0.25) is 0 Å². The van der Waals surface area contributed by atoms with Gasteiger partial charge in [-0.2, -0.15) is 0 Å². The van der Waals surface area contributed by atoms with Crippen LogP contribution in [0.15, 0.2) is 24.3 Å². The van der Waals surface area contributed by atoms with Crippen LogP contribution in [0.3, 0.4) is 0 Å². The zero-order chi connectivity index (χ0) is 13.4. The number of aliphatic hydroxyl groups excluding tert-OH is 1. The minimum Gasteiger partial charge on any atom is -0.466 e. The second-order valence-corrected chi connectivity index (χ2v) is 4.05. The van der Waals surface area contributed by atoms with Gasteiger partial charge in [-0.1, -0.05) is 25.1 Å². The third-order valence-corrected chi connectivity index (χ3v) is 2.63. The number of carbonyl (C=O) groups is 1. The number of para-hydroxylation sites is 1. The lowest BCUT2D eigenvalue weighted by atomic mass is 10.1. The largest absolute Gasteiger partial charge is 0.466 e. The van der Waals surface area contributed by atoms with Crippen LogP contribution >= 0.6 is 0 Å². The minimum absolute atomic E-state index is 0.0229. The van der Waals surface area contributed by atoms with Crippen LogP contribution < -0.4 is 5.32 Å². The molecule has 2 N–H and O–H groups in total. The Balaban J connectivity index is 2.42. The van der Waals surface area contributed by atoms with E-state index in [-0.39, 0.29) is 12.4 Å². The highest BCUT2D eigenvalue weighted by molar-refractivity contribution is 5.70. The number of aliphatic hydroxyl groups is 1.